The van der Waals surface area contributed by atoms with Gasteiger partial charge in [-0.25, -0.2) is 9.67 Å². The third-order valence-electron chi connectivity index (χ3n) is 4.46. The summed E-state index contributed by atoms with van der Waals surface area (Å²) in [5, 5.41) is 14.8. The number of hydrogen-bond acceptors (Lipinski definition) is 3. The van der Waals surface area contributed by atoms with Crippen LogP contribution >= 0.6 is 0 Å². The van der Waals surface area contributed by atoms with Crippen molar-refractivity contribution in [3.8, 4) is 0 Å². The molecule has 1 aromatic heterocycles. The Morgan fingerprint density at radius 2 is 2.05 bits per heavy atom. The zero-order chi connectivity index (χ0) is 14.8. The molecule has 0 saturated carbocycles. The molecule has 21 heavy (non-hydrogen) atoms. The number of hydrogen-bond donors (Lipinski definition) is 1. The van der Waals surface area contributed by atoms with Crippen molar-refractivity contribution in [1.82, 2.24) is 14.8 Å². The van der Waals surface area contributed by atoms with Crippen LogP contribution in [0.4, 0.5) is 0 Å². The largest absolute Gasteiger partial charge is 0.392 e. The van der Waals surface area contributed by atoms with Gasteiger partial charge in [-0.2, -0.15) is 5.10 Å². The summed E-state index contributed by atoms with van der Waals surface area (Å²) in [5.41, 5.74) is 2.82. The van der Waals surface area contributed by atoms with E-state index < -0.39 is 0 Å². The van der Waals surface area contributed by atoms with E-state index in [4.69, 9.17) is 0 Å². The van der Waals surface area contributed by atoms with Crippen LogP contribution in [0.1, 0.15) is 43.3 Å². The van der Waals surface area contributed by atoms with E-state index in [1.165, 1.54) is 11.1 Å². The molecule has 1 aliphatic rings. The van der Waals surface area contributed by atoms with Crippen molar-refractivity contribution >= 4 is 0 Å². The van der Waals surface area contributed by atoms with Crippen molar-refractivity contribution in [2.45, 2.75) is 51.7 Å². The summed E-state index contributed by atoms with van der Waals surface area (Å²) in [5.74, 6) is 1.20. The molecule has 1 heterocycles. The molecule has 0 aliphatic heterocycles. The quantitative estimate of drug-likeness (QED) is 0.939. The maximum absolute atomic E-state index is 10.6. The number of aliphatic hydroxyl groups is 1. The van der Waals surface area contributed by atoms with Crippen LogP contribution in [0, 0.1) is 5.92 Å². The number of aromatic nitrogens is 3. The topological polar surface area (TPSA) is 50.9 Å². The fourth-order valence-electron chi connectivity index (χ4n) is 3.26. The van der Waals surface area contributed by atoms with E-state index in [0.717, 1.165) is 25.1 Å². The summed E-state index contributed by atoms with van der Waals surface area (Å²) in [6.45, 7) is 4.17. The van der Waals surface area contributed by atoms with E-state index in [9.17, 15) is 5.11 Å². The van der Waals surface area contributed by atoms with Crippen molar-refractivity contribution in [2.75, 3.05) is 0 Å². The molecule has 4 nitrogen and oxygen atoms in total. The standard InChI is InChI=1S/C17H23N3O/c1-12(2)20-17(18-11-19-20)10-16(21)15-8-7-13-5-3-4-6-14(13)9-15/h3-6,11-12,15-16,21H,7-10H2,1-2H3. The summed E-state index contributed by atoms with van der Waals surface area (Å²) in [6, 6.07) is 8.85. The van der Waals surface area contributed by atoms with Crippen LogP contribution in [0.5, 0.6) is 0 Å². The SMILES string of the molecule is CC(C)n1ncnc1CC(O)C1CCc2ccccc2C1. The molecule has 0 radical (unpaired) electrons. The molecule has 0 fully saturated rings. The van der Waals surface area contributed by atoms with Crippen LogP contribution in [0.25, 0.3) is 0 Å². The van der Waals surface area contributed by atoms with Gasteiger partial charge in [-0.1, -0.05) is 24.3 Å². The van der Waals surface area contributed by atoms with Gasteiger partial charge in [-0.15, -0.1) is 0 Å². The summed E-state index contributed by atoms with van der Waals surface area (Å²) in [6.07, 6.45) is 4.90. The zero-order valence-corrected chi connectivity index (χ0v) is 12.7. The molecule has 0 bridgehead atoms. The van der Waals surface area contributed by atoms with Gasteiger partial charge in [0.05, 0.1) is 6.10 Å². The van der Waals surface area contributed by atoms with E-state index in [0.29, 0.717) is 12.3 Å². The second kappa shape index (κ2) is 5.98. The van der Waals surface area contributed by atoms with Crippen LogP contribution in [0.15, 0.2) is 30.6 Å². The van der Waals surface area contributed by atoms with Crippen molar-refractivity contribution in [3.05, 3.63) is 47.5 Å². The Morgan fingerprint density at radius 3 is 2.81 bits per heavy atom. The third-order valence-corrected chi connectivity index (χ3v) is 4.46. The number of rotatable bonds is 4. The molecule has 2 atom stereocenters. The minimum Gasteiger partial charge on any atom is -0.392 e. The van der Waals surface area contributed by atoms with Crippen molar-refractivity contribution < 1.29 is 5.11 Å². The molecule has 1 N–H and O–H groups in total. The Hall–Kier alpha value is -1.68. The molecule has 2 unspecified atom stereocenters. The van der Waals surface area contributed by atoms with E-state index in [-0.39, 0.29) is 12.1 Å². The second-order valence-electron chi connectivity index (χ2n) is 6.26. The molecule has 3 rings (SSSR count). The molecule has 2 aromatic rings. The van der Waals surface area contributed by atoms with Crippen LogP contribution in [0.2, 0.25) is 0 Å². The average molecular weight is 285 g/mol. The van der Waals surface area contributed by atoms with Gasteiger partial charge < -0.3 is 5.11 Å². The Kier molecular flexibility index (Phi) is 4.06. The predicted molar refractivity (Wildman–Crippen MR) is 82.1 cm³/mol. The molecule has 0 spiro atoms. The molecular weight excluding hydrogens is 262 g/mol. The summed E-state index contributed by atoms with van der Waals surface area (Å²) in [4.78, 5) is 4.31. The zero-order valence-electron chi connectivity index (χ0n) is 12.7. The Bertz CT molecular complexity index is 606. The lowest BCUT2D eigenvalue weighted by Crippen LogP contribution is -2.29. The lowest BCUT2D eigenvalue weighted by Gasteiger charge is -2.28. The van der Waals surface area contributed by atoms with Crippen LogP contribution in [0.3, 0.4) is 0 Å². The molecule has 0 amide bonds. The lowest BCUT2D eigenvalue weighted by molar-refractivity contribution is 0.0959. The fourth-order valence-corrected chi connectivity index (χ4v) is 3.26. The molecule has 0 saturated heterocycles. The minimum absolute atomic E-state index is 0.279. The van der Waals surface area contributed by atoms with Crippen molar-refractivity contribution in [2.24, 2.45) is 5.92 Å². The Morgan fingerprint density at radius 1 is 1.29 bits per heavy atom. The lowest BCUT2D eigenvalue weighted by atomic mass is 9.80. The van der Waals surface area contributed by atoms with Gasteiger partial charge in [0, 0.05) is 12.5 Å². The van der Waals surface area contributed by atoms with Crippen LogP contribution in [-0.4, -0.2) is 26.0 Å². The highest BCUT2D eigenvalue weighted by Crippen LogP contribution is 2.28. The van der Waals surface area contributed by atoms with Gasteiger partial charge in [0.2, 0.25) is 0 Å². The van der Waals surface area contributed by atoms with Crippen LogP contribution < -0.4 is 0 Å². The fraction of sp³-hybridized carbons (Fsp3) is 0.529. The van der Waals surface area contributed by atoms with Crippen molar-refractivity contribution in [1.29, 1.82) is 0 Å². The number of aryl methyl sites for hydroxylation is 1. The second-order valence-corrected chi connectivity index (χ2v) is 6.26. The van der Waals surface area contributed by atoms with E-state index >= 15 is 0 Å². The van der Waals surface area contributed by atoms with E-state index in [1.807, 2.05) is 4.68 Å². The minimum atomic E-state index is -0.347. The third kappa shape index (κ3) is 3.00. The van der Waals surface area contributed by atoms with Gasteiger partial charge in [0.15, 0.2) is 0 Å². The molecule has 112 valence electrons. The first-order valence-corrected chi connectivity index (χ1v) is 7.78. The maximum Gasteiger partial charge on any atom is 0.138 e. The highest BCUT2D eigenvalue weighted by atomic mass is 16.3. The van der Waals surface area contributed by atoms with Gasteiger partial charge in [-0.3, -0.25) is 0 Å². The Balaban J connectivity index is 1.69. The van der Waals surface area contributed by atoms with Gasteiger partial charge in [0.1, 0.15) is 12.2 Å². The van der Waals surface area contributed by atoms with Gasteiger partial charge >= 0.3 is 0 Å². The van der Waals surface area contributed by atoms with Crippen LogP contribution in [-0.2, 0) is 19.3 Å². The number of fused-ring (bicyclic) bond motifs is 1. The van der Waals surface area contributed by atoms with Gasteiger partial charge in [0.25, 0.3) is 0 Å². The van der Waals surface area contributed by atoms with E-state index in [2.05, 4.69) is 48.2 Å². The Labute approximate surface area is 125 Å². The number of aliphatic hydroxyl groups excluding tert-OH is 1. The molecule has 1 aromatic carbocycles. The number of nitrogens with zero attached hydrogens (tertiary/aromatic N) is 3. The first-order valence-electron chi connectivity index (χ1n) is 7.78. The summed E-state index contributed by atoms with van der Waals surface area (Å²) in [7, 11) is 0. The highest BCUT2D eigenvalue weighted by molar-refractivity contribution is 5.29. The average Bonchev–Trinajstić information content (AvgIpc) is 2.95. The molecule has 4 heteroatoms. The van der Waals surface area contributed by atoms with Crippen molar-refractivity contribution in [3.63, 3.8) is 0 Å². The first kappa shape index (κ1) is 14.3. The summed E-state index contributed by atoms with van der Waals surface area (Å²) >= 11 is 0. The summed E-state index contributed by atoms with van der Waals surface area (Å²) < 4.78 is 1.90. The smallest absolute Gasteiger partial charge is 0.138 e. The maximum atomic E-state index is 10.6. The highest BCUT2D eigenvalue weighted by Gasteiger charge is 2.26. The monoisotopic (exact) mass is 285 g/mol. The predicted octanol–water partition coefficient (Wildman–Crippen LogP) is 2.57. The molecular formula is C17H23N3O. The van der Waals surface area contributed by atoms with E-state index in [1.54, 1.807) is 6.33 Å². The normalized spacial score (nSPS) is 19.5. The first-order chi connectivity index (χ1) is 10.1. The van der Waals surface area contributed by atoms with Gasteiger partial charge in [-0.05, 0) is 50.2 Å². The molecule has 1 aliphatic carbocycles. The number of benzene rings is 1.